The highest BCUT2D eigenvalue weighted by atomic mass is 127. The molecule has 0 N–H and O–H groups in total. The lowest BCUT2D eigenvalue weighted by Gasteiger charge is -2.31. The molecule has 2 aliphatic rings. The van der Waals surface area contributed by atoms with Gasteiger partial charge in [0.2, 0.25) is 0 Å². The zero-order valence-electron chi connectivity index (χ0n) is 25.4. The van der Waals surface area contributed by atoms with E-state index in [1.807, 2.05) is 53.1 Å². The number of fused-ring (bicyclic) bond motifs is 3. The minimum absolute atomic E-state index is 0.0235. The molecule has 236 valence electrons. The minimum Gasteiger partial charge on any atom is -0.497 e. The largest absolute Gasteiger partial charge is 0.497 e. The number of nitro benzene ring substituents is 1. The predicted molar refractivity (Wildman–Crippen MR) is 189 cm³/mol. The van der Waals surface area contributed by atoms with E-state index in [4.69, 9.17) is 19.2 Å². The number of nitrogens with zero attached hydrogens (tertiary/aromatic N) is 3. The monoisotopic (exact) mass is 757 g/mol. The Kier molecular flexibility index (Phi) is 8.41. The zero-order chi connectivity index (χ0) is 32.7. The summed E-state index contributed by atoms with van der Waals surface area (Å²) >= 11 is 3.56. The molecule has 0 unspecified atom stereocenters. The summed E-state index contributed by atoms with van der Waals surface area (Å²) in [5.74, 6) is 1.80. The van der Waals surface area contributed by atoms with Gasteiger partial charge in [0.25, 0.3) is 11.2 Å². The first-order valence-electron chi connectivity index (χ1n) is 14.9. The van der Waals surface area contributed by atoms with Crippen LogP contribution in [0.25, 0.3) is 11.8 Å². The fraction of sp³-hybridized carbons (Fsp3) is 0.167. The van der Waals surface area contributed by atoms with E-state index in [9.17, 15) is 14.9 Å². The number of aromatic nitrogens is 1. The summed E-state index contributed by atoms with van der Waals surface area (Å²) in [4.78, 5) is 30.6. The van der Waals surface area contributed by atoms with Crippen LogP contribution in [0.15, 0.2) is 100 Å². The zero-order valence-corrected chi connectivity index (χ0v) is 28.4. The molecule has 9 nitrogen and oxygen atoms in total. The number of methoxy groups -OCH3 is 2. The molecule has 1 aliphatic heterocycles. The smallest absolute Gasteiger partial charge is 0.271 e. The molecule has 2 heterocycles. The molecule has 4 aromatic carbocycles. The lowest BCUT2D eigenvalue weighted by molar-refractivity contribution is -0.384. The molecule has 0 saturated carbocycles. The molecule has 11 heteroatoms. The molecule has 0 amide bonds. The summed E-state index contributed by atoms with van der Waals surface area (Å²) in [7, 11) is 3.21. The first kappa shape index (κ1) is 30.9. The maximum atomic E-state index is 14.2. The van der Waals surface area contributed by atoms with E-state index in [-0.39, 0.29) is 23.9 Å². The minimum atomic E-state index is -0.432. The van der Waals surface area contributed by atoms with Crippen molar-refractivity contribution in [2.45, 2.75) is 25.5 Å². The lowest BCUT2D eigenvalue weighted by atomic mass is 9.83. The highest BCUT2D eigenvalue weighted by Crippen LogP contribution is 2.42. The average molecular weight is 758 g/mol. The molecule has 5 aromatic rings. The lowest BCUT2D eigenvalue weighted by Crippen LogP contribution is -2.38. The Bertz CT molecular complexity index is 2260. The molecular weight excluding hydrogens is 729 g/mol. The number of thiazole rings is 1. The van der Waals surface area contributed by atoms with Gasteiger partial charge in [-0.3, -0.25) is 19.5 Å². The van der Waals surface area contributed by atoms with Crippen LogP contribution in [-0.4, -0.2) is 23.7 Å². The standard InChI is InChI=1S/C36H28IN3O6S/c1-44-26-8-5-7-24(19-26)33-28-15-12-23-6-3-4-9-27(23)32(28)38-36-39(33)35(41)31(47-36)18-22-16-29(37)34(30(17-22)45-2)46-20-21-10-13-25(14-11-21)40(42)43/h3-11,13-14,16-19,33H,12,15,20H2,1-2H3/b31-18+/t33-/m0/s1. The van der Waals surface area contributed by atoms with Crippen molar-refractivity contribution in [2.75, 3.05) is 14.2 Å². The molecule has 7 rings (SSSR count). The van der Waals surface area contributed by atoms with E-state index in [0.717, 1.165) is 55.7 Å². The van der Waals surface area contributed by atoms with Crippen molar-refractivity contribution in [2.24, 2.45) is 4.99 Å². The van der Waals surface area contributed by atoms with E-state index in [0.29, 0.717) is 20.8 Å². The normalized spacial score (nSPS) is 15.3. The van der Waals surface area contributed by atoms with Crippen molar-refractivity contribution in [3.8, 4) is 17.2 Å². The number of rotatable bonds is 8. The van der Waals surface area contributed by atoms with Crippen LogP contribution < -0.4 is 29.1 Å². The topological polar surface area (TPSA) is 105 Å². The van der Waals surface area contributed by atoms with Crippen molar-refractivity contribution in [1.29, 1.82) is 0 Å². The number of hydrogen-bond donors (Lipinski definition) is 0. The number of hydrogen-bond acceptors (Lipinski definition) is 8. The van der Waals surface area contributed by atoms with Gasteiger partial charge >= 0.3 is 0 Å². The Hall–Kier alpha value is -4.75. The van der Waals surface area contributed by atoms with Crippen molar-refractivity contribution in [3.05, 3.63) is 152 Å². The highest BCUT2D eigenvalue weighted by Gasteiger charge is 2.32. The van der Waals surface area contributed by atoms with Gasteiger partial charge in [0, 0.05) is 17.7 Å². The van der Waals surface area contributed by atoms with Crippen LogP contribution in [0.3, 0.4) is 0 Å². The van der Waals surface area contributed by atoms with E-state index in [2.05, 4.69) is 40.8 Å². The SMILES string of the molecule is COc1cccc([C@H]2C3=C(N=c4s/c(=C/c5cc(I)c(OCc6ccc([N+](=O)[O-])cc6)c(OC)c5)c(=O)n42)c2ccccc2CC3)c1. The highest BCUT2D eigenvalue weighted by molar-refractivity contribution is 14.1. The predicted octanol–water partition coefficient (Wildman–Crippen LogP) is 6.43. The fourth-order valence-corrected chi connectivity index (χ4v) is 7.90. The molecule has 0 radical (unpaired) electrons. The number of ether oxygens (including phenoxy) is 3. The molecular formula is C36H28IN3O6S. The van der Waals surface area contributed by atoms with E-state index in [1.165, 1.54) is 29.0 Å². The van der Waals surface area contributed by atoms with Crippen molar-refractivity contribution >= 4 is 51.4 Å². The number of halogens is 1. The molecule has 47 heavy (non-hydrogen) atoms. The van der Waals surface area contributed by atoms with Crippen LogP contribution in [-0.2, 0) is 13.0 Å². The second-order valence-electron chi connectivity index (χ2n) is 11.1. The van der Waals surface area contributed by atoms with Gasteiger partial charge in [-0.15, -0.1) is 0 Å². The number of aryl methyl sites for hydroxylation is 1. The number of nitro groups is 1. The summed E-state index contributed by atoms with van der Waals surface area (Å²) < 4.78 is 20.5. The third-order valence-corrected chi connectivity index (χ3v) is 10.1. The van der Waals surface area contributed by atoms with Gasteiger partial charge in [-0.25, -0.2) is 4.99 Å². The van der Waals surface area contributed by atoms with Crippen LogP contribution in [0.4, 0.5) is 5.69 Å². The summed E-state index contributed by atoms with van der Waals surface area (Å²) in [6.07, 6.45) is 3.55. The van der Waals surface area contributed by atoms with E-state index in [1.54, 1.807) is 26.4 Å². The van der Waals surface area contributed by atoms with Gasteiger partial charge in [-0.2, -0.15) is 0 Å². The number of benzene rings is 4. The maximum Gasteiger partial charge on any atom is 0.271 e. The van der Waals surface area contributed by atoms with Crippen LogP contribution >= 0.6 is 33.9 Å². The summed E-state index contributed by atoms with van der Waals surface area (Å²) in [5, 5.41) is 11.0. The quantitative estimate of drug-likeness (QED) is 0.103. The van der Waals surface area contributed by atoms with Gasteiger partial charge in [0.15, 0.2) is 16.3 Å². The Labute approximate surface area is 287 Å². The van der Waals surface area contributed by atoms with Crippen molar-refractivity contribution in [1.82, 2.24) is 4.57 Å². The number of non-ortho nitro benzene ring substituents is 1. The Morgan fingerprint density at radius 3 is 2.60 bits per heavy atom. The molecule has 0 fully saturated rings. The van der Waals surface area contributed by atoms with Crippen LogP contribution in [0.5, 0.6) is 17.2 Å². The Morgan fingerprint density at radius 1 is 1.02 bits per heavy atom. The summed E-state index contributed by atoms with van der Waals surface area (Å²) in [6, 6.07) is 26.0. The molecule has 1 aromatic heterocycles. The fourth-order valence-electron chi connectivity index (χ4n) is 6.12. The summed E-state index contributed by atoms with van der Waals surface area (Å²) in [6.45, 7) is 0.209. The third kappa shape index (κ3) is 5.85. The maximum absolute atomic E-state index is 14.2. The third-order valence-electron chi connectivity index (χ3n) is 8.36. The van der Waals surface area contributed by atoms with Crippen molar-refractivity contribution < 1.29 is 19.1 Å². The Balaban J connectivity index is 1.29. The Morgan fingerprint density at radius 2 is 1.83 bits per heavy atom. The van der Waals surface area contributed by atoms with E-state index >= 15 is 0 Å². The van der Waals surface area contributed by atoms with Gasteiger partial charge in [0.1, 0.15) is 12.4 Å². The van der Waals surface area contributed by atoms with Crippen LogP contribution in [0.2, 0.25) is 0 Å². The van der Waals surface area contributed by atoms with Gasteiger partial charge in [-0.05, 0) is 106 Å². The summed E-state index contributed by atoms with van der Waals surface area (Å²) in [5.41, 5.74) is 6.90. The molecule has 1 atom stereocenters. The van der Waals surface area contributed by atoms with Gasteiger partial charge in [-0.1, -0.05) is 47.7 Å². The van der Waals surface area contributed by atoms with Gasteiger partial charge < -0.3 is 14.2 Å². The molecule has 1 aliphatic carbocycles. The van der Waals surface area contributed by atoms with Crippen LogP contribution in [0.1, 0.15) is 40.3 Å². The molecule has 0 saturated heterocycles. The van der Waals surface area contributed by atoms with Crippen molar-refractivity contribution in [3.63, 3.8) is 0 Å². The van der Waals surface area contributed by atoms with E-state index < -0.39 is 4.92 Å². The molecule has 0 spiro atoms. The van der Waals surface area contributed by atoms with Crippen LogP contribution in [0, 0.1) is 13.7 Å². The first-order chi connectivity index (χ1) is 22.8. The number of allylic oxidation sites excluding steroid dienone is 1. The second kappa shape index (κ2) is 12.8. The first-order valence-corrected chi connectivity index (χ1v) is 16.7. The van der Waals surface area contributed by atoms with Gasteiger partial charge in [0.05, 0.1) is 39.0 Å². The molecule has 0 bridgehead atoms. The second-order valence-corrected chi connectivity index (χ2v) is 13.3. The average Bonchev–Trinajstić information content (AvgIpc) is 3.40.